The van der Waals surface area contributed by atoms with Gasteiger partial charge in [-0.2, -0.15) is 0 Å². The van der Waals surface area contributed by atoms with Gasteiger partial charge in [-0.05, 0) is 36.4 Å². The van der Waals surface area contributed by atoms with Gasteiger partial charge in [-0.15, -0.1) is 0 Å². The second-order valence-electron chi connectivity index (χ2n) is 6.16. The van der Waals surface area contributed by atoms with Gasteiger partial charge in [-0.25, -0.2) is 9.59 Å². The largest absolute Gasteiger partial charge is 0.493 e. The topological polar surface area (TPSA) is 102 Å². The number of benzene rings is 2. The summed E-state index contributed by atoms with van der Waals surface area (Å²) in [4.78, 5) is 23.2. The second-order valence-corrected chi connectivity index (χ2v) is 6.16. The molecule has 9 nitrogen and oxygen atoms in total. The number of carbonyl (C=O) groups is 2. The monoisotopic (exact) mass is 433 g/mol. The van der Waals surface area contributed by atoms with E-state index in [1.807, 2.05) is 0 Å². The molecule has 0 atom stereocenters. The van der Waals surface area contributed by atoms with Crippen LogP contribution in [0.25, 0.3) is 0 Å². The molecule has 0 aliphatic carbocycles. The Balaban J connectivity index is 1.74. The molecule has 0 bridgehead atoms. The molecule has 0 aliphatic rings. The van der Waals surface area contributed by atoms with Crippen molar-refractivity contribution >= 4 is 11.9 Å². The predicted octanol–water partition coefficient (Wildman–Crippen LogP) is 2.32. The fourth-order valence-electron chi connectivity index (χ4n) is 2.65. The van der Waals surface area contributed by atoms with Gasteiger partial charge in [0.05, 0.1) is 39.6 Å². The average Bonchev–Trinajstić information content (AvgIpc) is 2.82. The van der Waals surface area contributed by atoms with Gasteiger partial charge >= 0.3 is 11.9 Å². The van der Waals surface area contributed by atoms with Crippen LogP contribution in [0.5, 0.6) is 23.0 Å². The number of ether oxygens (including phenoxy) is 6. The van der Waals surface area contributed by atoms with Gasteiger partial charge < -0.3 is 33.7 Å². The lowest BCUT2D eigenvalue weighted by molar-refractivity contribution is 0.0591. The van der Waals surface area contributed by atoms with E-state index in [4.69, 9.17) is 28.4 Å². The SMILES string of the molecule is COC(=O)c1ccc(OCCNCCOc2ccc(C(=O)OC)cc2OC)c(OC)c1. The third kappa shape index (κ3) is 6.78. The van der Waals surface area contributed by atoms with Gasteiger partial charge in [-0.1, -0.05) is 0 Å². The van der Waals surface area contributed by atoms with Crippen molar-refractivity contribution in [3.63, 3.8) is 0 Å². The molecule has 0 aliphatic heterocycles. The van der Waals surface area contributed by atoms with Crippen LogP contribution < -0.4 is 24.3 Å². The van der Waals surface area contributed by atoms with E-state index >= 15 is 0 Å². The van der Waals surface area contributed by atoms with Crippen molar-refractivity contribution in [2.24, 2.45) is 0 Å². The Morgan fingerprint density at radius 3 is 1.45 bits per heavy atom. The van der Waals surface area contributed by atoms with Crippen LogP contribution in [0.4, 0.5) is 0 Å². The zero-order valence-electron chi connectivity index (χ0n) is 18.1. The highest BCUT2D eigenvalue weighted by molar-refractivity contribution is 5.90. The minimum absolute atomic E-state index is 0.386. The van der Waals surface area contributed by atoms with Gasteiger partial charge in [0.15, 0.2) is 23.0 Å². The molecule has 9 heteroatoms. The van der Waals surface area contributed by atoms with Crippen LogP contribution in [-0.4, -0.2) is 66.7 Å². The molecular formula is C22H27NO8. The van der Waals surface area contributed by atoms with Crippen LogP contribution in [0.15, 0.2) is 36.4 Å². The van der Waals surface area contributed by atoms with Crippen LogP contribution in [0, 0.1) is 0 Å². The smallest absolute Gasteiger partial charge is 0.337 e. The van der Waals surface area contributed by atoms with E-state index in [-0.39, 0.29) is 0 Å². The Hall–Kier alpha value is -3.46. The van der Waals surface area contributed by atoms with E-state index in [0.717, 1.165) is 0 Å². The first-order valence-electron chi connectivity index (χ1n) is 9.53. The van der Waals surface area contributed by atoms with Gasteiger partial charge in [0.2, 0.25) is 0 Å². The number of nitrogens with one attached hydrogen (secondary N) is 1. The first kappa shape index (κ1) is 23.8. The summed E-state index contributed by atoms with van der Waals surface area (Å²) in [6, 6.07) is 9.70. The number of esters is 2. The molecular weight excluding hydrogens is 406 g/mol. The molecule has 0 heterocycles. The van der Waals surface area contributed by atoms with E-state index < -0.39 is 11.9 Å². The van der Waals surface area contributed by atoms with E-state index in [1.54, 1.807) is 36.4 Å². The summed E-state index contributed by atoms with van der Waals surface area (Å²) in [6.07, 6.45) is 0. The fraction of sp³-hybridized carbons (Fsp3) is 0.364. The molecule has 0 amide bonds. The van der Waals surface area contributed by atoms with Gasteiger partial charge in [0.1, 0.15) is 13.2 Å². The maximum absolute atomic E-state index is 11.6. The molecule has 31 heavy (non-hydrogen) atoms. The van der Waals surface area contributed by atoms with E-state index in [1.165, 1.54) is 28.4 Å². The molecule has 2 aromatic carbocycles. The molecule has 0 saturated carbocycles. The normalized spacial score (nSPS) is 10.2. The van der Waals surface area contributed by atoms with E-state index in [9.17, 15) is 9.59 Å². The number of hydrogen-bond acceptors (Lipinski definition) is 9. The summed E-state index contributed by atoms with van der Waals surface area (Å²) < 4.78 is 31.3. The van der Waals surface area contributed by atoms with Crippen LogP contribution in [0.1, 0.15) is 20.7 Å². The quantitative estimate of drug-likeness (QED) is 0.399. The highest BCUT2D eigenvalue weighted by Crippen LogP contribution is 2.29. The summed E-state index contributed by atoms with van der Waals surface area (Å²) in [7, 11) is 5.65. The zero-order chi connectivity index (χ0) is 22.6. The van der Waals surface area contributed by atoms with Crippen LogP contribution in [-0.2, 0) is 9.47 Å². The van der Waals surface area contributed by atoms with Crippen molar-refractivity contribution in [3.8, 4) is 23.0 Å². The average molecular weight is 433 g/mol. The third-order valence-electron chi connectivity index (χ3n) is 4.24. The Kier molecular flexibility index (Phi) is 9.44. The zero-order valence-corrected chi connectivity index (χ0v) is 18.1. The lowest BCUT2D eigenvalue weighted by Gasteiger charge is -2.13. The van der Waals surface area contributed by atoms with Crippen molar-refractivity contribution in [3.05, 3.63) is 47.5 Å². The standard InChI is InChI=1S/C22H27NO8/c1-26-19-13-15(21(24)28-3)5-7-17(19)30-11-9-23-10-12-31-18-8-6-16(22(25)29-4)14-20(18)27-2/h5-8,13-14,23H,9-12H2,1-4H3. The first-order valence-corrected chi connectivity index (χ1v) is 9.53. The highest BCUT2D eigenvalue weighted by atomic mass is 16.5. The molecule has 1 N–H and O–H groups in total. The number of methoxy groups -OCH3 is 4. The summed E-state index contributed by atoms with van der Waals surface area (Å²) in [5.74, 6) is 1.08. The molecule has 0 radical (unpaired) electrons. The van der Waals surface area contributed by atoms with Crippen LogP contribution in [0.2, 0.25) is 0 Å². The Morgan fingerprint density at radius 2 is 1.10 bits per heavy atom. The molecule has 2 rings (SSSR count). The van der Waals surface area contributed by atoms with E-state index in [2.05, 4.69) is 5.32 Å². The number of hydrogen-bond donors (Lipinski definition) is 1. The lowest BCUT2D eigenvalue weighted by Crippen LogP contribution is -2.26. The fourth-order valence-corrected chi connectivity index (χ4v) is 2.65. The summed E-state index contributed by atoms with van der Waals surface area (Å²) in [5.41, 5.74) is 0.772. The second kappa shape index (κ2) is 12.3. The summed E-state index contributed by atoms with van der Waals surface area (Å²) >= 11 is 0. The highest BCUT2D eigenvalue weighted by Gasteiger charge is 2.12. The molecule has 0 unspecified atom stereocenters. The molecule has 0 aromatic heterocycles. The van der Waals surface area contributed by atoms with Crippen molar-refractivity contribution in [2.75, 3.05) is 54.7 Å². The van der Waals surface area contributed by atoms with Crippen LogP contribution >= 0.6 is 0 Å². The minimum atomic E-state index is -0.442. The van der Waals surface area contributed by atoms with Crippen molar-refractivity contribution < 1.29 is 38.0 Å². The Morgan fingerprint density at radius 1 is 0.677 bits per heavy atom. The number of rotatable bonds is 12. The minimum Gasteiger partial charge on any atom is -0.493 e. The maximum Gasteiger partial charge on any atom is 0.337 e. The first-order chi connectivity index (χ1) is 15.0. The molecule has 0 fully saturated rings. The molecule has 0 spiro atoms. The summed E-state index contributed by atoms with van der Waals surface area (Å²) in [5, 5.41) is 3.20. The summed E-state index contributed by atoms with van der Waals surface area (Å²) in [6.45, 7) is 1.93. The maximum atomic E-state index is 11.6. The van der Waals surface area contributed by atoms with Crippen molar-refractivity contribution in [2.45, 2.75) is 0 Å². The Bertz CT molecular complexity index is 812. The number of carbonyl (C=O) groups excluding carboxylic acids is 2. The lowest BCUT2D eigenvalue weighted by atomic mass is 10.2. The van der Waals surface area contributed by atoms with Crippen LogP contribution in [0.3, 0.4) is 0 Å². The molecule has 168 valence electrons. The third-order valence-corrected chi connectivity index (χ3v) is 4.24. The van der Waals surface area contributed by atoms with E-state index in [0.29, 0.717) is 60.4 Å². The Labute approximate surface area is 181 Å². The van der Waals surface area contributed by atoms with Crippen molar-refractivity contribution in [1.29, 1.82) is 0 Å². The molecule has 0 saturated heterocycles. The van der Waals surface area contributed by atoms with Gasteiger partial charge in [0.25, 0.3) is 0 Å². The van der Waals surface area contributed by atoms with Gasteiger partial charge in [0, 0.05) is 13.1 Å². The molecule has 2 aromatic rings. The predicted molar refractivity (Wildman–Crippen MR) is 113 cm³/mol. The van der Waals surface area contributed by atoms with Gasteiger partial charge in [-0.3, -0.25) is 0 Å². The van der Waals surface area contributed by atoms with Crippen molar-refractivity contribution in [1.82, 2.24) is 5.32 Å².